The first-order valence-corrected chi connectivity index (χ1v) is 18.4. The van der Waals surface area contributed by atoms with E-state index in [0.29, 0.717) is 0 Å². The highest BCUT2D eigenvalue weighted by molar-refractivity contribution is 6.98. The number of aromatic nitrogens is 2. The van der Waals surface area contributed by atoms with Gasteiger partial charge in [0.2, 0.25) is 0 Å². The number of hydrogen-bond acceptors (Lipinski definition) is 3. The first kappa shape index (κ1) is 31.3. The summed E-state index contributed by atoms with van der Waals surface area (Å²) in [6.07, 6.45) is 7.87. The van der Waals surface area contributed by atoms with Crippen molar-refractivity contribution < 1.29 is 4.74 Å². The van der Waals surface area contributed by atoms with Gasteiger partial charge in [0.15, 0.2) is 0 Å². The number of benzene rings is 6. The number of ether oxygens (including phenoxy) is 1. The normalized spacial score (nSPS) is 13.1. The summed E-state index contributed by atoms with van der Waals surface area (Å²) in [5.74, 6) is 2.09. The smallest absolute Gasteiger partial charge is 0.251 e. The number of pyridine rings is 1. The Bertz CT molecular complexity index is 2710. The third-order valence-corrected chi connectivity index (χ3v) is 11.2. The van der Waals surface area contributed by atoms with Crippen LogP contribution in [0.4, 0.5) is 0 Å². The van der Waals surface area contributed by atoms with Gasteiger partial charge in [-0.05, 0) is 122 Å². The van der Waals surface area contributed by atoms with Crippen molar-refractivity contribution in [2.75, 3.05) is 0 Å². The molecule has 1 N–H and O–H groups in total. The molecule has 0 atom stereocenters. The molecule has 2 aliphatic rings. The van der Waals surface area contributed by atoms with Crippen molar-refractivity contribution in [1.29, 1.82) is 5.41 Å². The quantitative estimate of drug-likeness (QED) is 0.140. The molecule has 2 aliphatic heterocycles. The van der Waals surface area contributed by atoms with Gasteiger partial charge in [-0.2, -0.15) is 0 Å². The second-order valence-corrected chi connectivity index (χ2v) is 14.5. The van der Waals surface area contributed by atoms with Crippen LogP contribution in [-0.2, 0) is 6.42 Å². The fourth-order valence-electron chi connectivity index (χ4n) is 8.72. The minimum atomic E-state index is 0.0226. The van der Waals surface area contributed by atoms with E-state index in [2.05, 4.69) is 157 Å². The van der Waals surface area contributed by atoms with Gasteiger partial charge in [0.05, 0.1) is 11.0 Å². The second kappa shape index (κ2) is 12.3. The third-order valence-electron chi connectivity index (χ3n) is 11.2. The van der Waals surface area contributed by atoms with Crippen molar-refractivity contribution in [2.45, 2.75) is 20.3 Å². The predicted octanol–water partition coefficient (Wildman–Crippen LogP) is 9.73. The maximum atomic E-state index is 7.85. The molecule has 0 unspecified atom stereocenters. The van der Waals surface area contributed by atoms with Gasteiger partial charge < -0.3 is 14.7 Å². The highest BCUT2D eigenvalue weighted by Crippen LogP contribution is 2.37. The molecule has 8 aromatic rings. The van der Waals surface area contributed by atoms with Crippen molar-refractivity contribution in [1.82, 2.24) is 9.55 Å². The van der Waals surface area contributed by atoms with Crippen LogP contribution in [0.25, 0.3) is 55.3 Å². The number of rotatable bonds is 6. The molecular weight excluding hydrogens is 645 g/mol. The Morgan fingerprint density at radius 2 is 1.38 bits per heavy atom. The van der Waals surface area contributed by atoms with Crippen LogP contribution >= 0.6 is 0 Å². The molecule has 53 heavy (non-hydrogen) atoms. The van der Waals surface area contributed by atoms with Crippen LogP contribution in [0.3, 0.4) is 0 Å². The molecule has 0 radical (unpaired) electrons. The van der Waals surface area contributed by atoms with E-state index in [0.717, 1.165) is 51.4 Å². The Kier molecular flexibility index (Phi) is 7.29. The Morgan fingerprint density at radius 3 is 2.09 bits per heavy atom. The first-order valence-electron chi connectivity index (χ1n) is 18.4. The molecule has 5 heteroatoms. The van der Waals surface area contributed by atoms with E-state index < -0.39 is 0 Å². The Balaban J connectivity index is 1.11. The lowest BCUT2D eigenvalue weighted by atomic mass is 9.32. The van der Waals surface area contributed by atoms with Crippen molar-refractivity contribution in [3.8, 4) is 39.4 Å². The van der Waals surface area contributed by atoms with Crippen LogP contribution in [0, 0.1) is 11.3 Å². The summed E-state index contributed by atoms with van der Waals surface area (Å²) < 4.78 is 9.24. The number of allylic oxidation sites excluding steroid dienone is 2. The van der Waals surface area contributed by atoms with E-state index in [-0.39, 0.29) is 12.6 Å². The number of nitrogens with one attached hydrogen (secondary N) is 1. The molecule has 0 fully saturated rings. The summed E-state index contributed by atoms with van der Waals surface area (Å²) in [6, 6.07) is 48.6. The molecule has 0 bridgehead atoms. The monoisotopic (exact) mass is 681 g/mol. The number of fused-ring (bicyclic) bond motifs is 7. The third kappa shape index (κ3) is 5.07. The molecule has 10 rings (SSSR count). The predicted molar refractivity (Wildman–Crippen MR) is 221 cm³/mol. The molecule has 0 saturated carbocycles. The number of nitrogens with zero attached hydrogens (tertiary/aromatic N) is 2. The van der Waals surface area contributed by atoms with Crippen molar-refractivity contribution in [3.05, 3.63) is 169 Å². The van der Waals surface area contributed by atoms with Gasteiger partial charge in [0.1, 0.15) is 11.5 Å². The van der Waals surface area contributed by atoms with Crippen molar-refractivity contribution in [3.63, 3.8) is 0 Å². The fraction of sp³-hybridized carbons (Fsp3) is 0.0833. The van der Waals surface area contributed by atoms with E-state index in [4.69, 9.17) is 10.1 Å². The molecule has 252 valence electrons. The number of para-hydroxylation sites is 2. The average molecular weight is 682 g/mol. The first-order chi connectivity index (χ1) is 26.1. The fourth-order valence-corrected chi connectivity index (χ4v) is 8.72. The highest BCUT2D eigenvalue weighted by Gasteiger charge is 2.39. The number of hydrogen-bond donors (Lipinski definition) is 1. The van der Waals surface area contributed by atoms with Crippen LogP contribution in [-0.4, -0.2) is 22.5 Å². The zero-order valence-electron chi connectivity index (χ0n) is 29.7. The largest absolute Gasteiger partial charge is 0.458 e. The minimum Gasteiger partial charge on any atom is -0.458 e. The van der Waals surface area contributed by atoms with Gasteiger partial charge >= 0.3 is 0 Å². The molecule has 4 nitrogen and oxygen atoms in total. The lowest BCUT2D eigenvalue weighted by molar-refractivity contribution is 0.487. The molecule has 2 aromatic heterocycles. The summed E-state index contributed by atoms with van der Waals surface area (Å²) in [6.45, 7) is 4.40. The van der Waals surface area contributed by atoms with Crippen LogP contribution < -0.4 is 21.1 Å². The van der Waals surface area contributed by atoms with E-state index in [1.165, 1.54) is 61.1 Å². The molecule has 4 heterocycles. The molecule has 0 saturated heterocycles. The molecule has 0 amide bonds. The summed E-state index contributed by atoms with van der Waals surface area (Å²) >= 11 is 0. The summed E-state index contributed by atoms with van der Waals surface area (Å²) in [5.41, 5.74) is 16.9. The lowest BCUT2D eigenvalue weighted by Crippen LogP contribution is -2.59. The summed E-state index contributed by atoms with van der Waals surface area (Å²) in [5, 5.41) is 10.4. The Hall–Kier alpha value is -6.46. The van der Waals surface area contributed by atoms with Gasteiger partial charge in [-0.3, -0.25) is 4.98 Å². The van der Waals surface area contributed by atoms with E-state index in [1.54, 1.807) is 0 Å². The van der Waals surface area contributed by atoms with Crippen molar-refractivity contribution in [2.24, 2.45) is 5.92 Å². The van der Waals surface area contributed by atoms with Gasteiger partial charge in [-0.15, -0.1) is 0 Å². The Morgan fingerprint density at radius 1 is 0.679 bits per heavy atom. The second-order valence-electron chi connectivity index (χ2n) is 14.5. The van der Waals surface area contributed by atoms with E-state index >= 15 is 0 Å². The van der Waals surface area contributed by atoms with Crippen LogP contribution in [0.5, 0.6) is 11.5 Å². The average Bonchev–Trinajstić information content (AvgIpc) is 3.54. The maximum absolute atomic E-state index is 7.85. The summed E-state index contributed by atoms with van der Waals surface area (Å²) in [7, 11) is 0. The zero-order chi connectivity index (χ0) is 35.6. The topological polar surface area (TPSA) is 50.9 Å². The molecule has 0 aliphatic carbocycles. The van der Waals surface area contributed by atoms with E-state index in [1.807, 2.05) is 18.5 Å². The minimum absolute atomic E-state index is 0.0226. The van der Waals surface area contributed by atoms with Crippen LogP contribution in [0.15, 0.2) is 152 Å². The maximum Gasteiger partial charge on any atom is 0.251 e. The van der Waals surface area contributed by atoms with Gasteiger partial charge in [-0.25, -0.2) is 0 Å². The van der Waals surface area contributed by atoms with E-state index in [9.17, 15) is 0 Å². The van der Waals surface area contributed by atoms with Gasteiger partial charge in [0, 0.05) is 35.1 Å². The molecule has 6 aromatic carbocycles. The zero-order valence-corrected chi connectivity index (χ0v) is 29.7. The standard InChI is InChI=1S/C48H36BN3O/c1-30(2)39(19-22-50)34-15-18-46-43(28-34)49-42-27-33(32-20-23-51-24-21-32)11-12-35(42)25-37-26-36(29-47(53-46)48(37)49)31-13-16-38(17-14-31)52-44-9-5-3-7-40(44)41-8-4-6-10-45(41)52/h3-24,26-30,50H,25H2,1-2H3/b39-19+,50-22?. The highest BCUT2D eigenvalue weighted by atomic mass is 16.5. The summed E-state index contributed by atoms with van der Waals surface area (Å²) in [4.78, 5) is 4.26. The van der Waals surface area contributed by atoms with Crippen molar-refractivity contribution >= 4 is 56.7 Å². The molecule has 0 spiro atoms. The Labute approximate surface area is 309 Å². The van der Waals surface area contributed by atoms with Crippen LogP contribution in [0.2, 0.25) is 0 Å². The van der Waals surface area contributed by atoms with Crippen LogP contribution in [0.1, 0.15) is 30.5 Å². The molecular formula is C48H36BN3O. The lowest BCUT2D eigenvalue weighted by Gasteiger charge is -2.34. The van der Waals surface area contributed by atoms with Gasteiger partial charge in [-0.1, -0.05) is 104 Å². The SMILES string of the molecule is CC(C)/C(=C\C=N)c1ccc2c(c1)B1c3cc(-c4ccncc4)ccc3Cc3cc(-c4ccc(-n5c6ccccc6c6ccccc65)cc4)cc(c31)O2. The van der Waals surface area contributed by atoms with Gasteiger partial charge in [0.25, 0.3) is 6.71 Å².